The molecule has 8 nitrogen and oxygen atoms in total. The van der Waals surface area contributed by atoms with Gasteiger partial charge in [0.05, 0.1) is 41.3 Å². The van der Waals surface area contributed by atoms with E-state index in [2.05, 4.69) is 26.6 Å². The summed E-state index contributed by atoms with van der Waals surface area (Å²) in [6.07, 6.45) is 0.170. The van der Waals surface area contributed by atoms with Gasteiger partial charge in [-0.2, -0.15) is 0 Å². The molecule has 196 valence electrons. The molecule has 2 aromatic rings. The number of carbonyl (C=O) groups excluding carboxylic acids is 3. The molecule has 0 radical (unpaired) electrons. The number of nitrogens with one attached hydrogen (secondary N) is 2. The molecular formula is C27H29BrClN3O5. The van der Waals surface area contributed by atoms with Gasteiger partial charge in [-0.15, -0.1) is 0 Å². The number of alkyl halides is 1. The normalized spacial score (nSPS) is 30.8. The Balaban J connectivity index is 1.59. The van der Waals surface area contributed by atoms with Gasteiger partial charge in [0.1, 0.15) is 11.6 Å². The Morgan fingerprint density at radius 1 is 1.22 bits per heavy atom. The Kier molecular flexibility index (Phi) is 7.08. The zero-order chi connectivity index (χ0) is 26.5. The van der Waals surface area contributed by atoms with Crippen LogP contribution in [0.25, 0.3) is 0 Å². The standard InChI is InChI=1S/C27H29BrClN3O5/c1-14-7-6-10-18(29)21(14)31-25(35)23-27-12-17(28)22(37-27)19(24(34)30-2)20(27)26(36)32(23)16(13-33)11-15-8-4-3-5-9-15/h3-10,16-17,19-20,22-23,33H,11-13H2,1-2H3,(H,30,34)(H,31,35)/t16-,17?,19-,20+,22-,23?,27?/m1/s1. The molecule has 3 fully saturated rings. The fraction of sp³-hybridized carbons (Fsp3) is 0.444. The van der Waals surface area contributed by atoms with Crippen LogP contribution in [0.4, 0.5) is 5.69 Å². The van der Waals surface area contributed by atoms with Crippen molar-refractivity contribution in [3.05, 3.63) is 64.7 Å². The first-order valence-electron chi connectivity index (χ1n) is 12.3. The number of aryl methyl sites for hydroxylation is 1. The Bertz CT molecular complexity index is 1210. The van der Waals surface area contributed by atoms with E-state index >= 15 is 0 Å². The molecule has 3 amide bonds. The maximum absolute atomic E-state index is 14.1. The summed E-state index contributed by atoms with van der Waals surface area (Å²) in [4.78, 5) is 42.4. The number of ether oxygens (including phenoxy) is 1. The van der Waals surface area contributed by atoms with Crippen molar-refractivity contribution in [1.82, 2.24) is 10.2 Å². The molecule has 7 atom stereocenters. The van der Waals surface area contributed by atoms with Gasteiger partial charge >= 0.3 is 0 Å². The highest BCUT2D eigenvalue weighted by Crippen LogP contribution is 2.60. The number of nitrogens with zero attached hydrogens (tertiary/aromatic N) is 1. The number of amides is 3. The van der Waals surface area contributed by atoms with E-state index < -0.39 is 41.5 Å². The molecule has 37 heavy (non-hydrogen) atoms. The topological polar surface area (TPSA) is 108 Å². The monoisotopic (exact) mass is 589 g/mol. The van der Waals surface area contributed by atoms with Crippen molar-refractivity contribution in [3.63, 3.8) is 0 Å². The summed E-state index contributed by atoms with van der Waals surface area (Å²) in [5.41, 5.74) is 0.912. The van der Waals surface area contributed by atoms with Crippen LogP contribution in [0.1, 0.15) is 17.5 Å². The number of aliphatic hydroxyl groups excluding tert-OH is 1. The molecule has 1 spiro atoms. The first-order valence-corrected chi connectivity index (χ1v) is 13.6. The van der Waals surface area contributed by atoms with Crippen molar-refractivity contribution < 1.29 is 24.2 Å². The summed E-state index contributed by atoms with van der Waals surface area (Å²) in [5.74, 6) is -2.73. The first-order chi connectivity index (χ1) is 17.7. The molecule has 10 heteroatoms. The van der Waals surface area contributed by atoms with Gasteiger partial charge in [-0.1, -0.05) is 70.0 Å². The number of hydrogen-bond donors (Lipinski definition) is 3. The fourth-order valence-corrected chi connectivity index (χ4v) is 7.56. The van der Waals surface area contributed by atoms with Crippen molar-refractivity contribution >= 4 is 50.9 Å². The zero-order valence-corrected chi connectivity index (χ0v) is 22.8. The van der Waals surface area contributed by atoms with Gasteiger partial charge in [0.15, 0.2) is 0 Å². The molecule has 3 N–H and O–H groups in total. The second-order valence-corrected chi connectivity index (χ2v) is 11.6. The van der Waals surface area contributed by atoms with Gasteiger partial charge in [-0.05, 0) is 37.0 Å². The number of para-hydroxylation sites is 1. The predicted octanol–water partition coefficient (Wildman–Crippen LogP) is 2.68. The minimum Gasteiger partial charge on any atom is -0.394 e. The van der Waals surface area contributed by atoms with Crippen LogP contribution in [0.2, 0.25) is 5.02 Å². The highest BCUT2D eigenvalue weighted by atomic mass is 79.9. The van der Waals surface area contributed by atoms with Gasteiger partial charge in [0.2, 0.25) is 17.7 Å². The van der Waals surface area contributed by atoms with Gasteiger partial charge < -0.3 is 25.4 Å². The molecule has 0 aromatic heterocycles. The van der Waals surface area contributed by atoms with E-state index in [1.807, 2.05) is 43.3 Å². The second-order valence-electron chi connectivity index (χ2n) is 9.97. The van der Waals surface area contributed by atoms with Crippen LogP contribution in [0.3, 0.4) is 0 Å². The van der Waals surface area contributed by atoms with Crippen molar-refractivity contribution in [2.24, 2.45) is 11.8 Å². The molecule has 5 rings (SSSR count). The van der Waals surface area contributed by atoms with E-state index in [9.17, 15) is 19.5 Å². The van der Waals surface area contributed by atoms with E-state index in [-0.39, 0.29) is 23.2 Å². The van der Waals surface area contributed by atoms with Gasteiger partial charge in [0.25, 0.3) is 0 Å². The number of rotatable bonds is 7. The highest BCUT2D eigenvalue weighted by Gasteiger charge is 2.77. The minimum atomic E-state index is -1.23. The maximum Gasteiger partial charge on any atom is 0.250 e. The molecule has 3 aliphatic heterocycles. The summed E-state index contributed by atoms with van der Waals surface area (Å²) in [5, 5.41) is 16.4. The number of halogens is 2. The van der Waals surface area contributed by atoms with Gasteiger partial charge in [-0.3, -0.25) is 14.4 Å². The van der Waals surface area contributed by atoms with Crippen LogP contribution >= 0.6 is 27.5 Å². The smallest absolute Gasteiger partial charge is 0.250 e. The summed E-state index contributed by atoms with van der Waals surface area (Å²) in [6, 6.07) is 13.0. The van der Waals surface area contributed by atoms with E-state index in [0.717, 1.165) is 11.1 Å². The summed E-state index contributed by atoms with van der Waals surface area (Å²) in [6.45, 7) is 1.48. The fourth-order valence-electron chi connectivity index (χ4n) is 6.35. The summed E-state index contributed by atoms with van der Waals surface area (Å²) < 4.78 is 6.46. The van der Waals surface area contributed by atoms with Gasteiger partial charge in [-0.25, -0.2) is 0 Å². The Morgan fingerprint density at radius 2 is 1.95 bits per heavy atom. The van der Waals surface area contributed by atoms with Crippen molar-refractivity contribution in [2.75, 3.05) is 19.0 Å². The number of anilines is 1. The second kappa shape index (κ2) is 10.0. The molecule has 3 saturated heterocycles. The van der Waals surface area contributed by atoms with Crippen LogP contribution in [0.15, 0.2) is 48.5 Å². The largest absolute Gasteiger partial charge is 0.394 e. The number of hydrogen-bond acceptors (Lipinski definition) is 5. The lowest BCUT2D eigenvalue weighted by molar-refractivity contribution is -0.143. The zero-order valence-electron chi connectivity index (χ0n) is 20.5. The van der Waals surface area contributed by atoms with Crippen LogP contribution in [-0.2, 0) is 25.5 Å². The molecule has 0 aliphatic carbocycles. The quantitative estimate of drug-likeness (QED) is 0.430. The number of carbonyl (C=O) groups is 3. The van der Waals surface area contributed by atoms with E-state index in [0.29, 0.717) is 23.6 Å². The predicted molar refractivity (Wildman–Crippen MR) is 142 cm³/mol. The summed E-state index contributed by atoms with van der Waals surface area (Å²) >= 11 is 10.1. The molecule has 3 aliphatic rings. The van der Waals surface area contributed by atoms with Crippen molar-refractivity contribution in [3.8, 4) is 0 Å². The minimum absolute atomic E-state index is 0.210. The third-order valence-corrected chi connectivity index (χ3v) is 9.07. The molecule has 3 unspecified atom stereocenters. The van der Waals surface area contributed by atoms with Crippen molar-refractivity contribution in [1.29, 1.82) is 0 Å². The van der Waals surface area contributed by atoms with Crippen LogP contribution < -0.4 is 10.6 Å². The molecular weight excluding hydrogens is 562 g/mol. The number of benzene rings is 2. The van der Waals surface area contributed by atoms with E-state index in [1.165, 1.54) is 11.9 Å². The third kappa shape index (κ3) is 4.16. The average molecular weight is 591 g/mol. The third-order valence-electron chi connectivity index (χ3n) is 7.91. The lowest BCUT2D eigenvalue weighted by Gasteiger charge is -2.37. The first kappa shape index (κ1) is 26.2. The Morgan fingerprint density at radius 3 is 2.59 bits per heavy atom. The molecule has 2 aromatic carbocycles. The highest BCUT2D eigenvalue weighted by molar-refractivity contribution is 9.09. The maximum atomic E-state index is 14.1. The van der Waals surface area contributed by atoms with E-state index in [4.69, 9.17) is 16.3 Å². The van der Waals surface area contributed by atoms with Crippen molar-refractivity contribution in [2.45, 2.75) is 48.4 Å². The summed E-state index contributed by atoms with van der Waals surface area (Å²) in [7, 11) is 1.53. The molecule has 0 saturated carbocycles. The average Bonchev–Trinajstić information content (AvgIpc) is 3.48. The number of aliphatic hydroxyl groups is 1. The lowest BCUT2D eigenvalue weighted by atomic mass is 9.70. The Labute approximate surface area is 228 Å². The van der Waals surface area contributed by atoms with Crippen LogP contribution in [0, 0.1) is 18.8 Å². The molecule has 3 heterocycles. The van der Waals surface area contributed by atoms with Crippen LogP contribution in [-0.4, -0.2) is 70.0 Å². The van der Waals surface area contributed by atoms with E-state index in [1.54, 1.807) is 12.1 Å². The Hall–Kier alpha value is -2.46. The lowest BCUT2D eigenvalue weighted by Crippen LogP contribution is -2.57. The SMILES string of the molecule is CNC(=O)[C@H]1[C@@H]2OC3(CC2Br)C(C(=O)Nc2c(C)cccc2Cl)N([C@@H](CO)Cc2ccccc2)C(=O)[C@H]13. The van der Waals surface area contributed by atoms with Crippen LogP contribution in [0.5, 0.6) is 0 Å². The van der Waals surface area contributed by atoms with Gasteiger partial charge in [0, 0.05) is 11.9 Å². The number of fused-ring (bicyclic) bond motifs is 1. The number of likely N-dealkylation sites (tertiary alicyclic amines) is 1. The molecule has 2 bridgehead atoms.